The van der Waals surface area contributed by atoms with E-state index >= 15 is 0 Å². The number of halogens is 1. The van der Waals surface area contributed by atoms with Crippen molar-refractivity contribution in [2.75, 3.05) is 35.6 Å². The van der Waals surface area contributed by atoms with Crippen LogP contribution >= 0.6 is 11.8 Å². The molecule has 1 fully saturated rings. The standard InChI is InChI=1S/C24H22FN5O4S/c25-16-3-1-13-2-6-20(32)30-10-14(21(16)22(13)30)9-26-8-7-15-11-29(24(33)34-15)18-5-4-17-23(27-18)28-19(31)12-35-17/h1-6,14-15,26H,7-12H2,(H,27,28,31)/t14-,15+/m0/s1. The first-order valence-electron chi connectivity index (χ1n) is 11.4. The molecular formula is C24H22FN5O4S. The summed E-state index contributed by atoms with van der Waals surface area (Å²) in [6.07, 6.45) is -0.219. The summed E-state index contributed by atoms with van der Waals surface area (Å²) in [6.45, 7) is 1.86. The number of nitrogens with one attached hydrogen (secondary N) is 2. The van der Waals surface area contributed by atoms with Gasteiger partial charge >= 0.3 is 6.09 Å². The number of anilines is 2. The Morgan fingerprint density at radius 1 is 1.14 bits per heavy atom. The highest BCUT2D eigenvalue weighted by Gasteiger charge is 2.34. The van der Waals surface area contributed by atoms with Crippen LogP contribution in [0.15, 0.2) is 46.1 Å². The molecule has 3 aliphatic heterocycles. The summed E-state index contributed by atoms with van der Waals surface area (Å²) in [5.41, 5.74) is 1.13. The molecule has 1 aromatic carbocycles. The second-order valence-electron chi connectivity index (χ2n) is 8.84. The minimum Gasteiger partial charge on any atom is -0.444 e. The number of amides is 2. The van der Waals surface area contributed by atoms with Crippen molar-refractivity contribution in [3.8, 4) is 0 Å². The maximum atomic E-state index is 14.6. The molecular weight excluding hydrogens is 473 g/mol. The Morgan fingerprint density at radius 2 is 2.00 bits per heavy atom. The number of ether oxygens (including phenoxy) is 1. The monoisotopic (exact) mass is 495 g/mol. The van der Waals surface area contributed by atoms with Crippen LogP contribution in [0, 0.1) is 5.82 Å². The Hall–Kier alpha value is -3.44. The number of hydrogen-bond donors (Lipinski definition) is 2. The fourth-order valence-electron chi connectivity index (χ4n) is 4.95. The summed E-state index contributed by atoms with van der Waals surface area (Å²) in [4.78, 5) is 43.1. The Kier molecular flexibility index (Phi) is 5.45. The molecule has 0 aliphatic carbocycles. The number of nitrogens with zero attached hydrogens (tertiary/aromatic N) is 3. The van der Waals surface area contributed by atoms with Crippen molar-refractivity contribution in [1.82, 2.24) is 14.9 Å². The van der Waals surface area contributed by atoms with Gasteiger partial charge in [0.1, 0.15) is 23.6 Å². The van der Waals surface area contributed by atoms with Crippen LogP contribution in [-0.4, -0.2) is 53.0 Å². The molecule has 11 heteroatoms. The van der Waals surface area contributed by atoms with Gasteiger partial charge in [0.25, 0.3) is 5.56 Å². The SMILES string of the molecule is O=C1CSc2ccc(N3C[C@@H](CCNC[C@H]4Cn5c(=O)ccc6ccc(F)c4c65)OC3=O)nc2N1. The van der Waals surface area contributed by atoms with Crippen LogP contribution in [0.2, 0.25) is 0 Å². The maximum Gasteiger partial charge on any atom is 0.415 e. The molecule has 0 spiro atoms. The van der Waals surface area contributed by atoms with Crippen LogP contribution in [0.5, 0.6) is 0 Å². The molecule has 0 saturated carbocycles. The molecule has 180 valence electrons. The van der Waals surface area contributed by atoms with Crippen molar-refractivity contribution < 1.29 is 18.7 Å². The van der Waals surface area contributed by atoms with E-state index < -0.39 is 6.09 Å². The number of hydrogen-bond acceptors (Lipinski definition) is 7. The Bertz CT molecular complexity index is 1430. The topological polar surface area (TPSA) is 106 Å². The third-order valence-corrected chi connectivity index (χ3v) is 7.64. The Morgan fingerprint density at radius 3 is 2.89 bits per heavy atom. The van der Waals surface area contributed by atoms with E-state index in [2.05, 4.69) is 15.6 Å². The summed E-state index contributed by atoms with van der Waals surface area (Å²) < 4.78 is 21.8. The molecule has 35 heavy (non-hydrogen) atoms. The normalized spacial score (nSPS) is 20.8. The molecule has 2 amide bonds. The number of cyclic esters (lactones) is 1. The summed E-state index contributed by atoms with van der Waals surface area (Å²) in [5.74, 6) is 0.676. The van der Waals surface area contributed by atoms with Crippen molar-refractivity contribution in [2.45, 2.75) is 29.9 Å². The van der Waals surface area contributed by atoms with Crippen LogP contribution in [0.25, 0.3) is 10.9 Å². The van der Waals surface area contributed by atoms with Crippen molar-refractivity contribution in [1.29, 1.82) is 0 Å². The van der Waals surface area contributed by atoms with Gasteiger partial charge in [0.2, 0.25) is 5.91 Å². The highest BCUT2D eigenvalue weighted by atomic mass is 32.2. The number of fused-ring (bicyclic) bond motifs is 1. The lowest BCUT2D eigenvalue weighted by Gasteiger charge is -2.18. The zero-order chi connectivity index (χ0) is 24.1. The van der Waals surface area contributed by atoms with Gasteiger partial charge in [-0.05, 0) is 48.7 Å². The minimum absolute atomic E-state index is 0.119. The average Bonchev–Trinajstić information content (AvgIpc) is 3.42. The molecule has 2 aromatic heterocycles. The van der Waals surface area contributed by atoms with Gasteiger partial charge in [-0.3, -0.25) is 14.5 Å². The molecule has 9 nitrogen and oxygen atoms in total. The smallest absolute Gasteiger partial charge is 0.415 e. The summed E-state index contributed by atoms with van der Waals surface area (Å²) in [6, 6.07) is 10.00. The molecule has 0 bridgehead atoms. The third kappa shape index (κ3) is 3.94. The molecule has 2 N–H and O–H groups in total. The number of benzene rings is 1. The second-order valence-corrected chi connectivity index (χ2v) is 9.86. The maximum absolute atomic E-state index is 14.6. The molecule has 0 unspecified atom stereocenters. The zero-order valence-electron chi connectivity index (χ0n) is 18.6. The molecule has 3 aromatic rings. The largest absolute Gasteiger partial charge is 0.444 e. The highest BCUT2D eigenvalue weighted by Crippen LogP contribution is 2.35. The van der Waals surface area contributed by atoms with Gasteiger partial charge in [0, 0.05) is 30.6 Å². The van der Waals surface area contributed by atoms with Crippen LogP contribution in [-0.2, 0) is 16.1 Å². The van der Waals surface area contributed by atoms with Gasteiger partial charge < -0.3 is 19.9 Å². The van der Waals surface area contributed by atoms with E-state index in [1.807, 2.05) is 6.07 Å². The fourth-order valence-corrected chi connectivity index (χ4v) is 5.70. The lowest BCUT2D eigenvalue weighted by molar-refractivity contribution is -0.113. The molecule has 0 radical (unpaired) electrons. The summed E-state index contributed by atoms with van der Waals surface area (Å²) in [7, 11) is 0. The zero-order valence-corrected chi connectivity index (χ0v) is 19.4. The lowest BCUT2D eigenvalue weighted by atomic mass is 9.99. The van der Waals surface area contributed by atoms with E-state index in [1.165, 1.54) is 28.8 Å². The van der Waals surface area contributed by atoms with E-state index in [9.17, 15) is 18.8 Å². The van der Waals surface area contributed by atoms with Crippen LogP contribution < -0.4 is 21.1 Å². The number of rotatable bonds is 6. The number of carbonyl (C=O) groups excluding carboxylic acids is 2. The highest BCUT2D eigenvalue weighted by molar-refractivity contribution is 8.00. The molecule has 5 heterocycles. The number of pyridine rings is 2. The molecule has 1 saturated heterocycles. The first-order chi connectivity index (χ1) is 17.0. The van der Waals surface area contributed by atoms with E-state index in [0.717, 1.165) is 10.3 Å². The Labute approximate surface area is 203 Å². The number of thioether (sulfide) groups is 1. The predicted octanol–water partition coefficient (Wildman–Crippen LogP) is 2.68. The second kappa shape index (κ2) is 8.65. The minimum atomic E-state index is -0.475. The van der Waals surface area contributed by atoms with Gasteiger partial charge in [-0.25, -0.2) is 14.2 Å². The van der Waals surface area contributed by atoms with E-state index in [0.29, 0.717) is 61.1 Å². The van der Waals surface area contributed by atoms with Crippen molar-refractivity contribution in [3.05, 3.63) is 58.1 Å². The molecule has 3 aliphatic rings. The van der Waals surface area contributed by atoms with Crippen molar-refractivity contribution in [3.63, 3.8) is 0 Å². The molecule has 2 atom stereocenters. The van der Waals surface area contributed by atoms with Gasteiger partial charge in [-0.1, -0.05) is 0 Å². The van der Waals surface area contributed by atoms with Gasteiger partial charge in [-0.2, -0.15) is 0 Å². The third-order valence-electron chi connectivity index (χ3n) is 6.59. The van der Waals surface area contributed by atoms with Crippen LogP contribution in [0.3, 0.4) is 0 Å². The lowest BCUT2D eigenvalue weighted by Crippen LogP contribution is -2.29. The van der Waals surface area contributed by atoms with E-state index in [1.54, 1.807) is 22.8 Å². The average molecular weight is 496 g/mol. The quantitative estimate of drug-likeness (QED) is 0.507. The predicted molar refractivity (Wildman–Crippen MR) is 130 cm³/mol. The fraction of sp³-hybridized carbons (Fsp3) is 0.333. The van der Waals surface area contributed by atoms with E-state index in [4.69, 9.17) is 4.74 Å². The first-order valence-corrected chi connectivity index (χ1v) is 12.4. The van der Waals surface area contributed by atoms with Crippen molar-refractivity contribution in [2.24, 2.45) is 0 Å². The number of aromatic nitrogens is 2. The van der Waals surface area contributed by atoms with Gasteiger partial charge in [0.05, 0.1) is 22.7 Å². The number of carbonyl (C=O) groups is 2. The summed E-state index contributed by atoms with van der Waals surface area (Å²) >= 11 is 1.41. The van der Waals surface area contributed by atoms with Crippen LogP contribution in [0.1, 0.15) is 17.9 Å². The van der Waals surface area contributed by atoms with Gasteiger partial charge in [-0.15, -0.1) is 11.8 Å². The van der Waals surface area contributed by atoms with Crippen LogP contribution in [0.4, 0.5) is 20.8 Å². The Balaban J connectivity index is 1.06. The van der Waals surface area contributed by atoms with Gasteiger partial charge in [0.15, 0.2) is 0 Å². The summed E-state index contributed by atoms with van der Waals surface area (Å²) in [5, 5.41) is 6.93. The first kappa shape index (κ1) is 22.1. The molecule has 6 rings (SSSR count). The van der Waals surface area contributed by atoms with E-state index in [-0.39, 0.29) is 29.3 Å². The van der Waals surface area contributed by atoms with Crippen molar-refractivity contribution >= 4 is 46.3 Å².